The molecule has 0 aliphatic carbocycles. The standard InChI is InChI=1S/C17H18N6OS3/c1-11(2)22-17(18-20-21-22)27-10-16(24)23-13(15-6-4-8-26-15)9-12(19-23)14-5-3-7-25-14/h3-8,11,13H,9-10H2,1-2H3/t13-/m1/s1. The Morgan fingerprint density at radius 3 is 2.81 bits per heavy atom. The highest BCUT2D eigenvalue weighted by Gasteiger charge is 2.34. The third-order valence-corrected chi connectivity index (χ3v) is 6.93. The number of amides is 1. The van der Waals surface area contributed by atoms with E-state index in [1.165, 1.54) is 11.8 Å². The van der Waals surface area contributed by atoms with E-state index in [4.69, 9.17) is 0 Å². The summed E-state index contributed by atoms with van der Waals surface area (Å²) in [6, 6.07) is 8.23. The van der Waals surface area contributed by atoms with E-state index in [1.807, 2.05) is 36.7 Å². The first-order chi connectivity index (χ1) is 13.1. The molecule has 140 valence electrons. The van der Waals surface area contributed by atoms with Crippen molar-refractivity contribution in [3.05, 3.63) is 44.8 Å². The number of hydrogen-bond donors (Lipinski definition) is 0. The molecule has 0 N–H and O–H groups in total. The van der Waals surface area contributed by atoms with E-state index in [0.29, 0.717) is 5.16 Å². The Morgan fingerprint density at radius 1 is 1.30 bits per heavy atom. The fourth-order valence-electron chi connectivity index (χ4n) is 2.83. The molecular formula is C17H18N6OS3. The van der Waals surface area contributed by atoms with Gasteiger partial charge in [0.1, 0.15) is 0 Å². The van der Waals surface area contributed by atoms with E-state index < -0.39 is 0 Å². The van der Waals surface area contributed by atoms with Crippen LogP contribution in [0.15, 0.2) is 45.3 Å². The summed E-state index contributed by atoms with van der Waals surface area (Å²) in [7, 11) is 0. The zero-order valence-electron chi connectivity index (χ0n) is 14.8. The van der Waals surface area contributed by atoms with Crippen molar-refractivity contribution < 1.29 is 4.79 Å². The second-order valence-electron chi connectivity index (χ2n) is 6.29. The summed E-state index contributed by atoms with van der Waals surface area (Å²) in [5.41, 5.74) is 0.966. The maximum atomic E-state index is 13.0. The van der Waals surface area contributed by atoms with Gasteiger partial charge in [0.2, 0.25) is 5.16 Å². The maximum Gasteiger partial charge on any atom is 0.253 e. The highest BCUT2D eigenvalue weighted by molar-refractivity contribution is 7.99. The maximum absolute atomic E-state index is 13.0. The van der Waals surface area contributed by atoms with Crippen molar-refractivity contribution >= 4 is 46.1 Å². The van der Waals surface area contributed by atoms with Gasteiger partial charge in [-0.3, -0.25) is 4.79 Å². The van der Waals surface area contributed by atoms with Crippen LogP contribution in [0, 0.1) is 0 Å². The topological polar surface area (TPSA) is 76.3 Å². The number of thiophene rings is 2. The minimum absolute atomic E-state index is 0.0386. The van der Waals surface area contributed by atoms with Crippen molar-refractivity contribution in [1.29, 1.82) is 0 Å². The molecule has 7 nitrogen and oxygen atoms in total. The van der Waals surface area contributed by atoms with Gasteiger partial charge in [0.15, 0.2) is 0 Å². The first-order valence-electron chi connectivity index (χ1n) is 8.51. The number of aromatic nitrogens is 4. The molecule has 10 heteroatoms. The first-order valence-corrected chi connectivity index (χ1v) is 11.3. The van der Waals surface area contributed by atoms with Gasteiger partial charge >= 0.3 is 0 Å². The zero-order valence-corrected chi connectivity index (χ0v) is 17.3. The van der Waals surface area contributed by atoms with E-state index >= 15 is 0 Å². The molecule has 0 bridgehead atoms. The lowest BCUT2D eigenvalue weighted by Gasteiger charge is -2.20. The number of carbonyl (C=O) groups excluding carboxylic acids is 1. The van der Waals surface area contributed by atoms with Gasteiger partial charge in [-0.05, 0) is 47.2 Å². The second kappa shape index (κ2) is 7.91. The fourth-order valence-corrected chi connectivity index (χ4v) is 5.22. The third-order valence-electron chi connectivity index (χ3n) is 4.12. The van der Waals surface area contributed by atoms with Crippen LogP contribution in [0.25, 0.3) is 0 Å². The Bertz CT molecular complexity index is 932. The lowest BCUT2D eigenvalue weighted by Crippen LogP contribution is -2.28. The third kappa shape index (κ3) is 3.83. The molecule has 0 unspecified atom stereocenters. The summed E-state index contributed by atoms with van der Waals surface area (Å²) in [6.07, 6.45) is 0.737. The molecule has 27 heavy (non-hydrogen) atoms. The van der Waals surface area contributed by atoms with Crippen LogP contribution in [-0.4, -0.2) is 42.6 Å². The zero-order chi connectivity index (χ0) is 18.8. The van der Waals surface area contributed by atoms with Crippen molar-refractivity contribution in [2.24, 2.45) is 5.10 Å². The quantitative estimate of drug-likeness (QED) is 0.568. The molecule has 0 aromatic carbocycles. The molecule has 1 aliphatic heterocycles. The van der Waals surface area contributed by atoms with Crippen molar-refractivity contribution in [3.63, 3.8) is 0 Å². The number of carbonyl (C=O) groups is 1. The van der Waals surface area contributed by atoms with Crippen molar-refractivity contribution in [2.45, 2.75) is 37.5 Å². The number of hydrazone groups is 1. The Balaban J connectivity index is 1.53. The molecule has 0 spiro atoms. The summed E-state index contributed by atoms with van der Waals surface area (Å²) >= 11 is 4.65. The second-order valence-corrected chi connectivity index (χ2v) is 9.16. The molecule has 4 heterocycles. The van der Waals surface area contributed by atoms with Crippen LogP contribution in [0.5, 0.6) is 0 Å². The minimum Gasteiger partial charge on any atom is -0.272 e. The molecule has 0 saturated carbocycles. The van der Waals surface area contributed by atoms with Gasteiger partial charge in [-0.2, -0.15) is 5.10 Å². The Morgan fingerprint density at radius 2 is 2.11 bits per heavy atom. The number of nitrogens with zero attached hydrogens (tertiary/aromatic N) is 6. The summed E-state index contributed by atoms with van der Waals surface area (Å²) in [5, 5.41) is 22.7. The largest absolute Gasteiger partial charge is 0.272 e. The van der Waals surface area contributed by atoms with Gasteiger partial charge in [-0.25, -0.2) is 9.69 Å². The minimum atomic E-state index is -0.0451. The molecule has 3 aromatic heterocycles. The first kappa shape index (κ1) is 18.3. The molecule has 3 aromatic rings. The van der Waals surface area contributed by atoms with Crippen molar-refractivity contribution in [2.75, 3.05) is 5.75 Å². The number of tetrazole rings is 1. The molecule has 1 amide bonds. The highest BCUT2D eigenvalue weighted by Crippen LogP contribution is 2.36. The van der Waals surface area contributed by atoms with Crippen LogP contribution >= 0.6 is 34.4 Å². The van der Waals surface area contributed by atoms with Gasteiger partial charge < -0.3 is 0 Å². The average molecular weight is 419 g/mol. The predicted octanol–water partition coefficient (Wildman–Crippen LogP) is 3.85. The molecule has 0 saturated heterocycles. The summed E-state index contributed by atoms with van der Waals surface area (Å²) in [4.78, 5) is 15.2. The van der Waals surface area contributed by atoms with Crippen LogP contribution in [0.2, 0.25) is 0 Å². The smallest absolute Gasteiger partial charge is 0.253 e. The lowest BCUT2D eigenvalue weighted by atomic mass is 10.1. The van der Waals surface area contributed by atoms with Gasteiger partial charge in [0, 0.05) is 11.3 Å². The van der Waals surface area contributed by atoms with Crippen molar-refractivity contribution in [3.8, 4) is 0 Å². The summed E-state index contributed by atoms with van der Waals surface area (Å²) in [5.74, 6) is 0.208. The van der Waals surface area contributed by atoms with Crippen LogP contribution in [-0.2, 0) is 4.79 Å². The Hall–Kier alpha value is -2.04. The van der Waals surface area contributed by atoms with Crippen molar-refractivity contribution in [1.82, 2.24) is 25.2 Å². The van der Waals surface area contributed by atoms with E-state index in [-0.39, 0.29) is 23.7 Å². The predicted molar refractivity (Wildman–Crippen MR) is 108 cm³/mol. The number of rotatable bonds is 6. The van der Waals surface area contributed by atoms with E-state index in [0.717, 1.165) is 21.9 Å². The van der Waals surface area contributed by atoms with Gasteiger partial charge in [-0.1, -0.05) is 23.9 Å². The highest BCUT2D eigenvalue weighted by atomic mass is 32.2. The average Bonchev–Trinajstić information content (AvgIpc) is 3.45. The van der Waals surface area contributed by atoms with E-state index in [1.54, 1.807) is 32.4 Å². The van der Waals surface area contributed by atoms with Crippen LogP contribution in [0.1, 0.15) is 42.1 Å². The molecule has 4 rings (SSSR count). The van der Waals surface area contributed by atoms with Crippen LogP contribution < -0.4 is 0 Å². The monoisotopic (exact) mass is 418 g/mol. The van der Waals surface area contributed by atoms with Crippen LogP contribution in [0.4, 0.5) is 0 Å². The van der Waals surface area contributed by atoms with Gasteiger partial charge in [0.25, 0.3) is 5.91 Å². The summed E-state index contributed by atoms with van der Waals surface area (Å²) in [6.45, 7) is 4.01. The molecule has 1 aliphatic rings. The SMILES string of the molecule is CC(C)n1nnnc1SCC(=O)N1N=C(c2cccs2)C[C@@H]1c1cccs1. The molecule has 0 radical (unpaired) electrons. The van der Waals surface area contributed by atoms with E-state index in [9.17, 15) is 4.79 Å². The summed E-state index contributed by atoms with van der Waals surface area (Å²) < 4.78 is 1.72. The Kier molecular flexibility index (Phi) is 5.37. The van der Waals surface area contributed by atoms with Gasteiger partial charge in [0.05, 0.1) is 28.4 Å². The molecule has 0 fully saturated rings. The van der Waals surface area contributed by atoms with E-state index in [2.05, 4.69) is 32.8 Å². The van der Waals surface area contributed by atoms with Gasteiger partial charge in [-0.15, -0.1) is 27.8 Å². The van der Waals surface area contributed by atoms with Crippen LogP contribution in [0.3, 0.4) is 0 Å². The fraction of sp³-hybridized carbons (Fsp3) is 0.353. The Labute approximate surface area is 169 Å². The number of thioether (sulfide) groups is 1. The number of hydrogen-bond acceptors (Lipinski definition) is 8. The lowest BCUT2D eigenvalue weighted by molar-refractivity contribution is -0.130. The molecule has 1 atom stereocenters. The normalized spacial score (nSPS) is 16.9. The molecular weight excluding hydrogens is 400 g/mol.